The van der Waals surface area contributed by atoms with Crippen LogP contribution >= 0.6 is 11.6 Å². The van der Waals surface area contributed by atoms with Gasteiger partial charge in [-0.05, 0) is 24.3 Å². The van der Waals surface area contributed by atoms with Crippen LogP contribution in [0.3, 0.4) is 0 Å². The van der Waals surface area contributed by atoms with E-state index in [0.717, 1.165) is 9.91 Å². The number of rotatable bonds is 2. The van der Waals surface area contributed by atoms with Crippen molar-refractivity contribution in [2.45, 2.75) is 18.9 Å². The number of imide groups is 1. The Balaban J connectivity index is 2.07. The molecule has 3 amide bonds. The van der Waals surface area contributed by atoms with Gasteiger partial charge in [0.2, 0.25) is 11.8 Å². The molecule has 0 bridgehead atoms. The number of nitrogens with one attached hydrogen (secondary N) is 1. The number of esters is 1. The summed E-state index contributed by atoms with van der Waals surface area (Å²) in [5.41, 5.74) is 1.15. The van der Waals surface area contributed by atoms with Crippen LogP contribution in [0.4, 0.5) is 5.69 Å². The van der Waals surface area contributed by atoms with Crippen molar-refractivity contribution in [3.05, 3.63) is 41.1 Å². The van der Waals surface area contributed by atoms with Crippen molar-refractivity contribution in [1.82, 2.24) is 10.4 Å². The number of benzene rings is 1. The van der Waals surface area contributed by atoms with E-state index in [4.69, 9.17) is 11.6 Å². The van der Waals surface area contributed by atoms with E-state index in [9.17, 15) is 19.2 Å². The minimum atomic E-state index is -1.62. The highest BCUT2D eigenvalue weighted by atomic mass is 35.5. The summed E-state index contributed by atoms with van der Waals surface area (Å²) in [6.45, 7) is 1.22. The molecule has 0 unspecified atom stereocenters. The molecule has 1 saturated heterocycles. The summed E-state index contributed by atoms with van der Waals surface area (Å²) in [7, 11) is 1.17. The predicted octanol–water partition coefficient (Wildman–Crippen LogP) is 0.766. The van der Waals surface area contributed by atoms with Gasteiger partial charge < -0.3 is 4.74 Å². The number of carbonyl (C=O) groups excluding carboxylic acids is 4. The molecule has 1 N–H and O–H groups in total. The Hall–Kier alpha value is -2.87. The van der Waals surface area contributed by atoms with Gasteiger partial charge in [-0.1, -0.05) is 17.7 Å². The van der Waals surface area contributed by atoms with Crippen LogP contribution in [0, 0.1) is 0 Å². The summed E-state index contributed by atoms with van der Waals surface area (Å²) in [5.74, 6) is -2.43. The van der Waals surface area contributed by atoms with Gasteiger partial charge in [0, 0.05) is 11.9 Å². The first-order chi connectivity index (χ1) is 11.8. The summed E-state index contributed by atoms with van der Waals surface area (Å²) in [6, 6.07) is 6.25. The quantitative estimate of drug-likeness (QED) is 0.615. The molecule has 3 rings (SSSR count). The minimum Gasteiger partial charge on any atom is -0.464 e. The van der Waals surface area contributed by atoms with E-state index in [1.54, 1.807) is 18.2 Å². The molecule has 130 valence electrons. The Morgan fingerprint density at radius 3 is 2.64 bits per heavy atom. The third-order valence-corrected chi connectivity index (χ3v) is 4.28. The van der Waals surface area contributed by atoms with E-state index in [-0.39, 0.29) is 12.1 Å². The van der Waals surface area contributed by atoms with E-state index in [1.165, 1.54) is 26.2 Å². The lowest BCUT2D eigenvalue weighted by Crippen LogP contribution is -2.56. The molecule has 0 aromatic heterocycles. The first kappa shape index (κ1) is 17.0. The number of carbonyl (C=O) groups is 4. The number of amides is 3. The first-order valence-electron chi connectivity index (χ1n) is 7.32. The molecule has 2 heterocycles. The van der Waals surface area contributed by atoms with Crippen molar-refractivity contribution in [2.75, 3.05) is 12.0 Å². The van der Waals surface area contributed by atoms with Gasteiger partial charge in [-0.3, -0.25) is 19.8 Å². The number of hydrazine groups is 1. The largest absolute Gasteiger partial charge is 0.464 e. The zero-order valence-electron chi connectivity index (χ0n) is 13.4. The molecule has 2 aliphatic heterocycles. The summed E-state index contributed by atoms with van der Waals surface area (Å²) in [4.78, 5) is 50.3. The van der Waals surface area contributed by atoms with Gasteiger partial charge in [-0.25, -0.2) is 14.7 Å². The fourth-order valence-electron chi connectivity index (χ4n) is 2.99. The molecule has 25 heavy (non-hydrogen) atoms. The van der Waals surface area contributed by atoms with E-state index < -0.39 is 29.2 Å². The van der Waals surface area contributed by atoms with Crippen LogP contribution in [-0.4, -0.2) is 41.3 Å². The standard InChI is InChI=1S/C16H14ClN3O5/c1-9(21)20-16(7-12(18-20)14(23)25-2)8-13(22)19(15(16)24)11-5-3-4-10(17)6-11/h3-7,18H,8H2,1-2H3/t16-/m0/s1. The maximum absolute atomic E-state index is 13.1. The smallest absolute Gasteiger partial charge is 0.355 e. The number of methoxy groups -OCH3 is 1. The minimum absolute atomic E-state index is 0.0770. The van der Waals surface area contributed by atoms with Gasteiger partial charge in [0.25, 0.3) is 5.91 Å². The van der Waals surface area contributed by atoms with Crippen LogP contribution in [0.5, 0.6) is 0 Å². The van der Waals surface area contributed by atoms with Crippen LogP contribution in [0.1, 0.15) is 13.3 Å². The Labute approximate surface area is 147 Å². The summed E-state index contributed by atoms with van der Waals surface area (Å²) >= 11 is 5.93. The first-order valence-corrected chi connectivity index (χ1v) is 7.69. The number of halogens is 1. The maximum atomic E-state index is 13.1. The van der Waals surface area contributed by atoms with Crippen LogP contribution in [0.2, 0.25) is 5.02 Å². The molecular formula is C16H14ClN3O5. The van der Waals surface area contributed by atoms with Crippen molar-refractivity contribution >= 4 is 41.0 Å². The predicted molar refractivity (Wildman–Crippen MR) is 87.0 cm³/mol. The molecule has 9 heteroatoms. The van der Waals surface area contributed by atoms with Crippen molar-refractivity contribution in [3.8, 4) is 0 Å². The Morgan fingerprint density at radius 1 is 1.32 bits per heavy atom. The van der Waals surface area contributed by atoms with E-state index in [2.05, 4.69) is 10.2 Å². The van der Waals surface area contributed by atoms with Gasteiger partial charge >= 0.3 is 5.97 Å². The van der Waals surface area contributed by atoms with E-state index in [1.807, 2.05) is 0 Å². The van der Waals surface area contributed by atoms with Gasteiger partial charge in [-0.2, -0.15) is 0 Å². The van der Waals surface area contributed by atoms with Crippen molar-refractivity contribution in [2.24, 2.45) is 0 Å². The Morgan fingerprint density at radius 2 is 2.04 bits per heavy atom. The molecule has 0 radical (unpaired) electrons. The van der Waals surface area contributed by atoms with Crippen LogP contribution in [-0.2, 0) is 23.9 Å². The normalized spacial score (nSPS) is 22.3. The third-order valence-electron chi connectivity index (χ3n) is 4.04. The summed E-state index contributed by atoms with van der Waals surface area (Å²) in [5, 5.41) is 1.34. The highest BCUT2D eigenvalue weighted by Gasteiger charge is 2.59. The zero-order valence-corrected chi connectivity index (χ0v) is 14.2. The van der Waals surface area contributed by atoms with Crippen LogP contribution < -0.4 is 10.3 Å². The number of anilines is 1. The fraction of sp³-hybridized carbons (Fsp3) is 0.250. The molecule has 1 spiro atoms. The molecule has 1 aromatic rings. The van der Waals surface area contributed by atoms with Crippen molar-refractivity contribution in [3.63, 3.8) is 0 Å². The Bertz CT molecular complexity index is 837. The van der Waals surface area contributed by atoms with Crippen molar-refractivity contribution < 1.29 is 23.9 Å². The molecular weight excluding hydrogens is 350 g/mol. The second-order valence-corrected chi connectivity index (χ2v) is 6.07. The van der Waals surface area contributed by atoms with Gasteiger partial charge in [0.1, 0.15) is 5.70 Å². The topological polar surface area (TPSA) is 96.0 Å². The number of hydrogen-bond donors (Lipinski definition) is 1. The number of hydrogen-bond acceptors (Lipinski definition) is 6. The average Bonchev–Trinajstić information content (AvgIpc) is 3.06. The third kappa shape index (κ3) is 2.54. The molecule has 1 fully saturated rings. The van der Waals surface area contributed by atoms with Crippen LogP contribution in [0.15, 0.2) is 36.0 Å². The zero-order chi connectivity index (χ0) is 18.4. The maximum Gasteiger partial charge on any atom is 0.355 e. The van der Waals surface area contributed by atoms with Crippen molar-refractivity contribution in [1.29, 1.82) is 0 Å². The lowest BCUT2D eigenvalue weighted by atomic mass is 9.96. The van der Waals surface area contributed by atoms with Gasteiger partial charge in [0.05, 0.1) is 19.2 Å². The number of nitrogens with zero attached hydrogens (tertiary/aromatic N) is 2. The van der Waals surface area contributed by atoms with E-state index in [0.29, 0.717) is 10.7 Å². The van der Waals surface area contributed by atoms with Crippen LogP contribution in [0.25, 0.3) is 0 Å². The molecule has 1 aromatic carbocycles. The lowest BCUT2D eigenvalue weighted by Gasteiger charge is -2.30. The molecule has 0 aliphatic carbocycles. The van der Waals surface area contributed by atoms with Gasteiger partial charge in [0.15, 0.2) is 5.54 Å². The van der Waals surface area contributed by atoms with Gasteiger partial charge in [-0.15, -0.1) is 0 Å². The second kappa shape index (κ2) is 5.89. The highest BCUT2D eigenvalue weighted by molar-refractivity contribution is 6.32. The number of ether oxygens (including phenoxy) is 1. The fourth-order valence-corrected chi connectivity index (χ4v) is 3.17. The molecule has 1 atom stereocenters. The molecule has 0 saturated carbocycles. The molecule has 2 aliphatic rings. The summed E-state index contributed by atoms with van der Waals surface area (Å²) in [6.07, 6.45) is 0.955. The SMILES string of the molecule is COC(=O)C1=C[C@@]2(CC(=O)N(c3cccc(Cl)c3)C2=O)N(C(C)=O)N1. The molecule has 8 nitrogen and oxygen atoms in total. The summed E-state index contributed by atoms with van der Waals surface area (Å²) < 4.78 is 4.62. The van der Waals surface area contributed by atoms with E-state index >= 15 is 0 Å². The Kier molecular flexibility index (Phi) is 4.00. The monoisotopic (exact) mass is 363 g/mol. The lowest BCUT2D eigenvalue weighted by molar-refractivity contribution is -0.143. The highest BCUT2D eigenvalue weighted by Crippen LogP contribution is 2.38. The average molecular weight is 364 g/mol. The second-order valence-electron chi connectivity index (χ2n) is 5.63.